The molecule has 0 aliphatic carbocycles. The zero-order chi connectivity index (χ0) is 10.8. The van der Waals surface area contributed by atoms with Crippen LogP contribution in [0.2, 0.25) is 0 Å². The van der Waals surface area contributed by atoms with Crippen LogP contribution < -0.4 is 4.67 Å². The van der Waals surface area contributed by atoms with Crippen LogP contribution in [-0.2, 0) is 4.52 Å². The Hall–Kier alpha value is -0.630. The van der Waals surface area contributed by atoms with Gasteiger partial charge in [0.2, 0.25) is 8.45 Å². The van der Waals surface area contributed by atoms with Gasteiger partial charge in [-0.3, -0.25) is 0 Å². The molecule has 0 N–H and O–H groups in total. The topological polar surface area (TPSA) is 15.7 Å². The van der Waals surface area contributed by atoms with Crippen molar-refractivity contribution in [2.24, 2.45) is 0 Å². The van der Waals surface area contributed by atoms with Gasteiger partial charge in [0, 0.05) is 5.69 Å². The van der Waals surface area contributed by atoms with Gasteiger partial charge < -0.3 is 9.19 Å². The van der Waals surface area contributed by atoms with Gasteiger partial charge in [0.15, 0.2) is 0 Å². The highest BCUT2D eigenvalue weighted by molar-refractivity contribution is 7.52. The normalized spacial score (nSPS) is 26.3. The molecule has 1 saturated heterocycles. The van der Waals surface area contributed by atoms with Crippen molar-refractivity contribution in [3.8, 4) is 0 Å². The molecule has 15 heavy (non-hydrogen) atoms. The summed E-state index contributed by atoms with van der Waals surface area (Å²) < 4.78 is 10.4. The third-order valence-electron chi connectivity index (χ3n) is 2.31. The van der Waals surface area contributed by atoms with Crippen molar-refractivity contribution in [3.63, 3.8) is 0 Å². The van der Waals surface area contributed by atoms with Crippen LogP contribution in [-0.4, -0.2) is 31.4 Å². The molecule has 0 saturated carbocycles. The van der Waals surface area contributed by atoms with Gasteiger partial charge >= 0.3 is 0 Å². The summed E-state index contributed by atoms with van der Waals surface area (Å²) in [5, 5.41) is 0. The molecule has 1 aromatic rings. The van der Waals surface area contributed by atoms with Crippen molar-refractivity contribution in [1.29, 1.82) is 0 Å². The average molecular weight is 224 g/mol. The minimum absolute atomic E-state index is 0.318. The Labute approximate surface area is 92.6 Å². The van der Waals surface area contributed by atoms with Crippen LogP contribution >= 0.6 is 8.45 Å². The predicted octanol–water partition coefficient (Wildman–Crippen LogP) is 2.70. The zero-order valence-electron chi connectivity index (χ0n) is 9.42. The van der Waals surface area contributed by atoms with E-state index >= 15 is 0 Å². The monoisotopic (exact) mass is 224 g/mol. The molecule has 1 aliphatic heterocycles. The SMILES string of the molecule is CC1CN(c2ccccc2)P(N(C)C)O1. The third-order valence-corrected chi connectivity index (χ3v) is 4.35. The van der Waals surface area contributed by atoms with Crippen LogP contribution in [0, 0.1) is 0 Å². The molecule has 2 rings (SSSR count). The first-order chi connectivity index (χ1) is 7.18. The van der Waals surface area contributed by atoms with Crippen LogP contribution in [0.25, 0.3) is 0 Å². The summed E-state index contributed by atoms with van der Waals surface area (Å²) in [4.78, 5) is 0. The van der Waals surface area contributed by atoms with Crippen LogP contribution in [0.3, 0.4) is 0 Å². The average Bonchev–Trinajstić information content (AvgIpc) is 2.62. The number of anilines is 1. The highest BCUT2D eigenvalue weighted by atomic mass is 31.2. The molecule has 82 valence electrons. The van der Waals surface area contributed by atoms with Gasteiger partial charge in [-0.2, -0.15) is 0 Å². The Morgan fingerprint density at radius 1 is 1.33 bits per heavy atom. The summed E-state index contributed by atoms with van der Waals surface area (Å²) in [5.41, 5.74) is 1.25. The molecule has 0 aromatic heterocycles. The lowest BCUT2D eigenvalue weighted by Gasteiger charge is -2.27. The van der Waals surface area contributed by atoms with Crippen molar-refractivity contribution in [2.45, 2.75) is 13.0 Å². The fourth-order valence-electron chi connectivity index (χ4n) is 1.68. The summed E-state index contributed by atoms with van der Waals surface area (Å²) in [6.07, 6.45) is 0.318. The first-order valence-electron chi connectivity index (χ1n) is 5.15. The minimum atomic E-state index is -0.617. The lowest BCUT2D eigenvalue weighted by Crippen LogP contribution is -2.20. The molecule has 0 bridgehead atoms. The van der Waals surface area contributed by atoms with Gasteiger partial charge in [0.05, 0.1) is 12.6 Å². The van der Waals surface area contributed by atoms with E-state index < -0.39 is 8.45 Å². The van der Waals surface area contributed by atoms with Crippen LogP contribution in [0.5, 0.6) is 0 Å². The Kier molecular flexibility index (Phi) is 3.25. The Morgan fingerprint density at radius 2 is 2.00 bits per heavy atom. The number of hydrogen-bond donors (Lipinski definition) is 0. The molecule has 3 nitrogen and oxygen atoms in total. The number of nitrogens with zero attached hydrogens (tertiary/aromatic N) is 2. The second-order valence-corrected chi connectivity index (χ2v) is 5.93. The van der Waals surface area contributed by atoms with Crippen LogP contribution in [0.4, 0.5) is 5.69 Å². The molecule has 1 aliphatic rings. The van der Waals surface area contributed by atoms with E-state index in [2.05, 4.69) is 54.6 Å². The quantitative estimate of drug-likeness (QED) is 0.718. The highest BCUT2D eigenvalue weighted by Crippen LogP contribution is 2.51. The van der Waals surface area contributed by atoms with Crippen molar-refractivity contribution in [2.75, 3.05) is 25.3 Å². The standard InChI is InChI=1S/C11H17N2OP/c1-10-9-13(15(14-10)12(2)3)11-7-5-4-6-8-11/h4-8,10H,9H2,1-3H3. The summed E-state index contributed by atoms with van der Waals surface area (Å²) in [7, 11) is 3.52. The predicted molar refractivity (Wildman–Crippen MR) is 64.9 cm³/mol. The number of rotatable bonds is 2. The maximum absolute atomic E-state index is 5.91. The number of hydrogen-bond acceptors (Lipinski definition) is 3. The van der Waals surface area contributed by atoms with E-state index in [1.54, 1.807) is 0 Å². The van der Waals surface area contributed by atoms with E-state index in [4.69, 9.17) is 4.52 Å². The second kappa shape index (κ2) is 4.48. The summed E-state index contributed by atoms with van der Waals surface area (Å²) in [5.74, 6) is 0. The van der Waals surface area contributed by atoms with E-state index in [1.807, 2.05) is 6.07 Å². The van der Waals surface area contributed by atoms with Crippen molar-refractivity contribution < 1.29 is 4.52 Å². The molecular weight excluding hydrogens is 207 g/mol. The summed E-state index contributed by atoms with van der Waals surface area (Å²) >= 11 is 0. The van der Waals surface area contributed by atoms with Gasteiger partial charge in [-0.1, -0.05) is 18.2 Å². The van der Waals surface area contributed by atoms with Crippen LogP contribution in [0.15, 0.2) is 30.3 Å². The van der Waals surface area contributed by atoms with E-state index in [0.717, 1.165) is 6.54 Å². The van der Waals surface area contributed by atoms with Gasteiger partial charge in [0.1, 0.15) is 0 Å². The first-order valence-corrected chi connectivity index (χ1v) is 6.31. The van der Waals surface area contributed by atoms with E-state index in [1.165, 1.54) is 5.69 Å². The Bertz CT molecular complexity index is 318. The Morgan fingerprint density at radius 3 is 2.60 bits per heavy atom. The van der Waals surface area contributed by atoms with Crippen molar-refractivity contribution >= 4 is 14.1 Å². The van der Waals surface area contributed by atoms with Gasteiger partial charge in [-0.05, 0) is 33.2 Å². The smallest absolute Gasteiger partial charge is 0.217 e. The lowest BCUT2D eigenvalue weighted by atomic mass is 10.3. The number of benzene rings is 1. The maximum Gasteiger partial charge on any atom is 0.217 e. The molecule has 1 heterocycles. The first kappa shape index (κ1) is 10.9. The van der Waals surface area contributed by atoms with E-state index in [0.29, 0.717) is 6.10 Å². The third kappa shape index (κ3) is 2.31. The Balaban J connectivity index is 2.21. The van der Waals surface area contributed by atoms with E-state index in [-0.39, 0.29) is 0 Å². The molecular formula is C11H17N2OP. The fraction of sp³-hybridized carbons (Fsp3) is 0.455. The molecule has 0 amide bonds. The molecule has 1 fully saturated rings. The molecule has 2 atom stereocenters. The summed E-state index contributed by atoms with van der Waals surface area (Å²) in [6, 6.07) is 10.5. The second-order valence-electron chi connectivity index (χ2n) is 3.93. The van der Waals surface area contributed by atoms with Gasteiger partial charge in [-0.15, -0.1) is 0 Å². The zero-order valence-corrected chi connectivity index (χ0v) is 10.3. The molecule has 0 spiro atoms. The van der Waals surface area contributed by atoms with E-state index in [9.17, 15) is 0 Å². The summed E-state index contributed by atoms with van der Waals surface area (Å²) in [6.45, 7) is 3.11. The maximum atomic E-state index is 5.91. The molecule has 2 unspecified atom stereocenters. The number of para-hydroxylation sites is 1. The van der Waals surface area contributed by atoms with Crippen LogP contribution in [0.1, 0.15) is 6.92 Å². The fourth-order valence-corrected chi connectivity index (χ4v) is 3.50. The van der Waals surface area contributed by atoms with Crippen molar-refractivity contribution in [3.05, 3.63) is 30.3 Å². The van der Waals surface area contributed by atoms with Crippen molar-refractivity contribution in [1.82, 2.24) is 4.67 Å². The van der Waals surface area contributed by atoms with Gasteiger partial charge in [0.25, 0.3) is 0 Å². The molecule has 1 aromatic carbocycles. The largest absolute Gasteiger partial charge is 0.322 e. The minimum Gasteiger partial charge on any atom is -0.322 e. The van der Waals surface area contributed by atoms with Gasteiger partial charge in [-0.25, -0.2) is 4.67 Å². The molecule has 0 radical (unpaired) electrons. The lowest BCUT2D eigenvalue weighted by molar-refractivity contribution is 0.273. The highest BCUT2D eigenvalue weighted by Gasteiger charge is 2.33. The molecule has 4 heteroatoms.